The number of carboxylic acid groups (broad SMARTS) is 6. The summed E-state index contributed by atoms with van der Waals surface area (Å²) in [5.41, 5.74) is -1.87. The molecule has 3 aromatic carbocycles. The van der Waals surface area contributed by atoms with Crippen LogP contribution in [-0.2, 0) is 9.59 Å². The maximum absolute atomic E-state index is 12.6. The molecule has 296 valence electrons. The summed E-state index contributed by atoms with van der Waals surface area (Å²) in [6, 6.07) is 7.38. The van der Waals surface area contributed by atoms with Crippen molar-refractivity contribution in [3.05, 3.63) is 93.0 Å². The monoisotopic (exact) mass is 780 g/mol. The minimum atomic E-state index is -1.56. The van der Waals surface area contributed by atoms with Crippen LogP contribution in [0.15, 0.2) is 48.5 Å². The van der Waals surface area contributed by atoms with Crippen molar-refractivity contribution >= 4 is 59.2 Å². The van der Waals surface area contributed by atoms with Gasteiger partial charge in [0.25, 0.3) is 11.8 Å². The molecule has 0 heterocycles. The predicted molar refractivity (Wildman–Crippen MR) is 192 cm³/mol. The Balaban J connectivity index is 0.000000396. The third kappa shape index (κ3) is 11.3. The van der Waals surface area contributed by atoms with Crippen molar-refractivity contribution in [2.75, 3.05) is 27.2 Å². The van der Waals surface area contributed by atoms with Gasteiger partial charge in [-0.15, -0.1) is 0 Å². The van der Waals surface area contributed by atoms with Gasteiger partial charge in [0.15, 0.2) is 11.6 Å². The van der Waals surface area contributed by atoms with E-state index in [1.807, 2.05) is 0 Å². The van der Waals surface area contributed by atoms with E-state index < -0.39 is 88.0 Å². The summed E-state index contributed by atoms with van der Waals surface area (Å²) >= 11 is 0. The molecule has 0 saturated heterocycles. The number of hydrogen-bond acceptors (Lipinski definition) is 12. The molecule has 0 aromatic heterocycles. The van der Waals surface area contributed by atoms with Gasteiger partial charge in [0, 0.05) is 24.2 Å². The van der Waals surface area contributed by atoms with Gasteiger partial charge in [0.05, 0.1) is 33.4 Å². The SMILES string of the molecule is CNC(CNC(=O)c1cc(-c2ccc(C(=O)O)c(C(C)=O)c2)ccc1C(=O)O)C(=O)O.CNC(CNC(=O)c1cc(C(C)=O)c(C(=O)O)cc1C(=O)O)C(=O)O. The molecular formula is C36H36N4O16. The summed E-state index contributed by atoms with van der Waals surface area (Å²) in [7, 11) is 2.77. The maximum Gasteiger partial charge on any atom is 0.336 e. The van der Waals surface area contributed by atoms with Crippen molar-refractivity contribution in [1.29, 1.82) is 0 Å². The molecule has 0 aliphatic rings. The number of aromatic carboxylic acids is 4. The smallest absolute Gasteiger partial charge is 0.336 e. The standard InChI is InChI=1S/C21H20N2O8.C15H16N2O8/c1-10(24)15-7-11(3-5-13(15)19(26)27)12-4-6-14(20(28)29)16(8-12)18(25)23-9-17(22-2)21(30)31;1-6(18)7-3-8(10(14(22)23)4-9(7)13(20)21)12(19)17-5-11(16-2)15(24)25/h3-8,17,22H,9H2,1-2H3,(H,23,25)(H,26,27)(H,28,29)(H,30,31);3-4,11,16H,5H2,1-2H3,(H,17,19)(H,20,21)(H,22,23)(H,24,25). The van der Waals surface area contributed by atoms with Crippen molar-refractivity contribution < 1.29 is 78.6 Å². The van der Waals surface area contributed by atoms with Gasteiger partial charge in [-0.2, -0.15) is 0 Å². The van der Waals surface area contributed by atoms with Crippen molar-refractivity contribution in [3.8, 4) is 11.1 Å². The van der Waals surface area contributed by atoms with E-state index in [2.05, 4.69) is 21.3 Å². The van der Waals surface area contributed by atoms with Gasteiger partial charge in [-0.05, 0) is 75.5 Å². The zero-order valence-corrected chi connectivity index (χ0v) is 30.0. The quantitative estimate of drug-likeness (QED) is 0.0855. The largest absolute Gasteiger partial charge is 0.480 e. The Labute approximate surface area is 316 Å². The van der Waals surface area contributed by atoms with E-state index >= 15 is 0 Å². The number of Topliss-reactive ketones (excluding diaryl/α,β-unsaturated/α-hetero) is 2. The number of likely N-dealkylation sites (N-methyl/N-ethyl adjacent to an activating group) is 2. The average Bonchev–Trinajstić information content (AvgIpc) is 3.13. The zero-order valence-electron chi connectivity index (χ0n) is 30.0. The van der Waals surface area contributed by atoms with Crippen molar-refractivity contribution in [2.45, 2.75) is 25.9 Å². The fraction of sp³-hybridized carbons (Fsp3) is 0.222. The topological polar surface area (TPSA) is 340 Å². The van der Waals surface area contributed by atoms with E-state index in [9.17, 15) is 63.3 Å². The summed E-state index contributed by atoms with van der Waals surface area (Å²) in [4.78, 5) is 116. The Bertz CT molecular complexity index is 2130. The highest BCUT2D eigenvalue weighted by atomic mass is 16.4. The number of aliphatic carboxylic acids is 2. The van der Waals surface area contributed by atoms with Gasteiger partial charge in [0.2, 0.25) is 0 Å². The fourth-order valence-electron chi connectivity index (χ4n) is 4.94. The van der Waals surface area contributed by atoms with Crippen LogP contribution < -0.4 is 21.3 Å². The molecule has 3 aromatic rings. The van der Waals surface area contributed by atoms with Gasteiger partial charge in [-0.25, -0.2) is 19.2 Å². The first-order valence-electron chi connectivity index (χ1n) is 15.9. The normalized spacial score (nSPS) is 11.4. The lowest BCUT2D eigenvalue weighted by Crippen LogP contribution is -2.44. The summed E-state index contributed by atoms with van der Waals surface area (Å²) in [6.07, 6.45) is 0. The molecule has 10 N–H and O–H groups in total. The Morgan fingerprint density at radius 3 is 1.09 bits per heavy atom. The van der Waals surface area contributed by atoms with Crippen molar-refractivity contribution in [1.82, 2.24) is 21.3 Å². The third-order valence-corrected chi connectivity index (χ3v) is 7.93. The zero-order chi connectivity index (χ0) is 42.6. The van der Waals surface area contributed by atoms with Crippen LogP contribution >= 0.6 is 0 Å². The number of carbonyl (C=O) groups is 10. The highest BCUT2D eigenvalue weighted by Crippen LogP contribution is 2.26. The fourth-order valence-corrected chi connectivity index (χ4v) is 4.94. The molecule has 20 heteroatoms. The van der Waals surface area contributed by atoms with Crippen LogP contribution in [0.3, 0.4) is 0 Å². The lowest BCUT2D eigenvalue weighted by Gasteiger charge is -2.14. The van der Waals surface area contributed by atoms with Crippen LogP contribution in [0.1, 0.15) is 96.7 Å². The summed E-state index contributed by atoms with van der Waals surface area (Å²) in [6.45, 7) is 1.67. The van der Waals surface area contributed by atoms with Gasteiger partial charge >= 0.3 is 35.8 Å². The van der Waals surface area contributed by atoms with Crippen LogP contribution in [0, 0.1) is 0 Å². The lowest BCUT2D eigenvalue weighted by molar-refractivity contribution is -0.140. The average molecular weight is 781 g/mol. The first-order chi connectivity index (χ1) is 26.2. The number of carboxylic acids is 6. The molecule has 0 radical (unpaired) electrons. The van der Waals surface area contributed by atoms with Gasteiger partial charge in [-0.1, -0.05) is 12.1 Å². The molecule has 2 atom stereocenters. The highest BCUT2D eigenvalue weighted by Gasteiger charge is 2.26. The van der Waals surface area contributed by atoms with E-state index in [0.717, 1.165) is 19.1 Å². The van der Waals surface area contributed by atoms with Crippen molar-refractivity contribution in [3.63, 3.8) is 0 Å². The van der Waals surface area contributed by atoms with E-state index in [-0.39, 0.29) is 40.9 Å². The predicted octanol–water partition coefficient (Wildman–Crippen LogP) is 1.04. The number of carbonyl (C=O) groups excluding carboxylic acids is 4. The molecule has 0 saturated carbocycles. The van der Waals surface area contributed by atoms with Gasteiger partial charge in [0.1, 0.15) is 12.1 Å². The van der Waals surface area contributed by atoms with Crippen LogP contribution in [-0.4, -0.2) is 129 Å². The molecule has 0 aliphatic carbocycles. The molecule has 0 aliphatic heterocycles. The first-order valence-corrected chi connectivity index (χ1v) is 15.9. The molecule has 3 rings (SSSR count). The second kappa shape index (κ2) is 19.7. The van der Waals surface area contributed by atoms with E-state index in [0.29, 0.717) is 11.1 Å². The van der Waals surface area contributed by atoms with Crippen LogP contribution in [0.2, 0.25) is 0 Å². The molecule has 56 heavy (non-hydrogen) atoms. The summed E-state index contributed by atoms with van der Waals surface area (Å²) in [5, 5.41) is 64.4. The van der Waals surface area contributed by atoms with Crippen LogP contribution in [0.5, 0.6) is 0 Å². The minimum absolute atomic E-state index is 0.0309. The molecule has 20 nitrogen and oxygen atoms in total. The second-order valence-electron chi connectivity index (χ2n) is 11.6. The van der Waals surface area contributed by atoms with Crippen LogP contribution in [0.4, 0.5) is 0 Å². The number of benzene rings is 3. The van der Waals surface area contributed by atoms with E-state index in [1.54, 1.807) is 0 Å². The molecular weight excluding hydrogens is 744 g/mol. The summed E-state index contributed by atoms with van der Waals surface area (Å²) in [5.74, 6) is -11.0. The molecule has 0 bridgehead atoms. The number of amides is 2. The highest BCUT2D eigenvalue weighted by molar-refractivity contribution is 6.12. The Hall–Kier alpha value is -7.32. The Morgan fingerprint density at radius 1 is 0.446 bits per heavy atom. The Morgan fingerprint density at radius 2 is 0.750 bits per heavy atom. The van der Waals surface area contributed by atoms with E-state index in [1.165, 1.54) is 57.4 Å². The first kappa shape index (κ1) is 44.8. The molecule has 0 spiro atoms. The molecule has 2 unspecified atom stereocenters. The third-order valence-electron chi connectivity index (χ3n) is 7.93. The lowest BCUT2D eigenvalue weighted by atomic mass is 9.94. The number of nitrogens with one attached hydrogen (secondary N) is 4. The van der Waals surface area contributed by atoms with Crippen molar-refractivity contribution in [2.24, 2.45) is 0 Å². The Kier molecular flexibility index (Phi) is 15.7. The minimum Gasteiger partial charge on any atom is -0.480 e. The maximum atomic E-state index is 12.6. The van der Waals surface area contributed by atoms with Crippen LogP contribution in [0.25, 0.3) is 11.1 Å². The second-order valence-corrected chi connectivity index (χ2v) is 11.6. The number of hydrogen-bond donors (Lipinski definition) is 10. The van der Waals surface area contributed by atoms with Gasteiger partial charge < -0.3 is 51.9 Å². The van der Waals surface area contributed by atoms with E-state index in [4.69, 9.17) is 15.3 Å². The summed E-state index contributed by atoms with van der Waals surface area (Å²) < 4.78 is 0. The number of rotatable bonds is 17. The van der Waals surface area contributed by atoms with Gasteiger partial charge in [-0.3, -0.25) is 28.8 Å². The molecule has 2 amide bonds. The molecule has 0 fully saturated rings. The number of ketones is 2.